The van der Waals surface area contributed by atoms with E-state index in [9.17, 15) is 0 Å². The van der Waals surface area contributed by atoms with Gasteiger partial charge in [0.1, 0.15) is 11.5 Å². The Labute approximate surface area is 187 Å². The number of fused-ring (bicyclic) bond motifs is 1. The van der Waals surface area contributed by atoms with Gasteiger partial charge in [-0.25, -0.2) is 4.98 Å². The van der Waals surface area contributed by atoms with Crippen molar-refractivity contribution in [2.45, 2.75) is 6.92 Å². The largest absolute Gasteiger partial charge is 0.497 e. The Morgan fingerprint density at radius 3 is 2.38 bits per heavy atom. The summed E-state index contributed by atoms with van der Waals surface area (Å²) in [7, 11) is 6.97. The smallest absolute Gasteiger partial charge is 0.124 e. The molecule has 0 aliphatic rings. The third kappa shape index (κ3) is 4.39. The number of rotatable bonds is 7. The standard InChI is InChI=1S/C24H26N6O2/c1-16(25-2)14-30(19-8-20(31-4)11-21(9-19)32-5)18-6-7-22-23(10-18)28-24(13-26-22)17-12-27-29(3)15-17/h6-13,15H,14H2,1-5H3. The van der Waals surface area contributed by atoms with Crippen molar-refractivity contribution in [3.63, 3.8) is 0 Å². The number of aromatic nitrogens is 4. The molecule has 0 radical (unpaired) electrons. The average molecular weight is 431 g/mol. The van der Waals surface area contributed by atoms with Gasteiger partial charge in [0.25, 0.3) is 0 Å². The zero-order valence-electron chi connectivity index (χ0n) is 18.9. The van der Waals surface area contributed by atoms with Crippen LogP contribution in [0.4, 0.5) is 11.4 Å². The van der Waals surface area contributed by atoms with E-state index in [0.29, 0.717) is 6.54 Å². The van der Waals surface area contributed by atoms with E-state index in [2.05, 4.69) is 20.0 Å². The summed E-state index contributed by atoms with van der Waals surface area (Å²) in [6.07, 6.45) is 5.49. The molecule has 0 bridgehead atoms. The van der Waals surface area contributed by atoms with Gasteiger partial charge in [-0.3, -0.25) is 14.7 Å². The molecule has 2 aromatic heterocycles. The Bertz CT molecular complexity index is 1260. The predicted molar refractivity (Wildman–Crippen MR) is 127 cm³/mol. The second-order valence-corrected chi connectivity index (χ2v) is 7.45. The van der Waals surface area contributed by atoms with E-state index in [1.165, 1.54) is 0 Å². The van der Waals surface area contributed by atoms with Crippen LogP contribution in [0.5, 0.6) is 11.5 Å². The summed E-state index contributed by atoms with van der Waals surface area (Å²) in [5.41, 5.74) is 6.22. The number of nitrogens with zero attached hydrogens (tertiary/aromatic N) is 6. The number of ether oxygens (including phenoxy) is 2. The topological polar surface area (TPSA) is 77.7 Å². The van der Waals surface area contributed by atoms with E-state index in [1.54, 1.807) is 38.3 Å². The minimum absolute atomic E-state index is 0.605. The van der Waals surface area contributed by atoms with Crippen molar-refractivity contribution >= 4 is 28.1 Å². The number of benzene rings is 2. The van der Waals surface area contributed by atoms with Gasteiger partial charge in [-0.1, -0.05) is 0 Å². The molecule has 0 fully saturated rings. The van der Waals surface area contributed by atoms with Gasteiger partial charge in [0.2, 0.25) is 0 Å². The van der Waals surface area contributed by atoms with E-state index < -0.39 is 0 Å². The minimum atomic E-state index is 0.605. The van der Waals surface area contributed by atoms with Crippen molar-refractivity contribution in [2.24, 2.45) is 12.0 Å². The average Bonchev–Trinajstić information content (AvgIpc) is 3.27. The molecule has 0 N–H and O–H groups in total. The molecular weight excluding hydrogens is 404 g/mol. The Balaban J connectivity index is 1.82. The molecular formula is C24H26N6O2. The van der Waals surface area contributed by atoms with Gasteiger partial charge < -0.3 is 14.4 Å². The first-order chi connectivity index (χ1) is 15.5. The Morgan fingerprint density at radius 1 is 1.00 bits per heavy atom. The zero-order chi connectivity index (χ0) is 22.7. The highest BCUT2D eigenvalue weighted by molar-refractivity contribution is 5.90. The summed E-state index contributed by atoms with van der Waals surface area (Å²) in [6.45, 7) is 2.61. The van der Waals surface area contributed by atoms with Crippen molar-refractivity contribution in [3.05, 3.63) is 55.0 Å². The van der Waals surface area contributed by atoms with Crippen LogP contribution in [0.15, 0.2) is 60.0 Å². The lowest BCUT2D eigenvalue weighted by atomic mass is 10.1. The van der Waals surface area contributed by atoms with Crippen LogP contribution in [-0.4, -0.2) is 53.3 Å². The van der Waals surface area contributed by atoms with Crippen molar-refractivity contribution in [1.82, 2.24) is 19.7 Å². The van der Waals surface area contributed by atoms with Crippen molar-refractivity contribution in [3.8, 4) is 22.8 Å². The highest BCUT2D eigenvalue weighted by atomic mass is 16.5. The second kappa shape index (κ2) is 9.05. The number of anilines is 2. The molecule has 0 amide bonds. The van der Waals surface area contributed by atoms with Crippen molar-refractivity contribution < 1.29 is 9.47 Å². The molecule has 2 heterocycles. The summed E-state index contributed by atoms with van der Waals surface area (Å²) >= 11 is 0. The highest BCUT2D eigenvalue weighted by Gasteiger charge is 2.15. The SMILES string of the molecule is CN=C(C)CN(c1cc(OC)cc(OC)c1)c1ccc2ncc(-c3cnn(C)c3)nc2c1. The van der Waals surface area contributed by atoms with Crippen LogP contribution in [0.2, 0.25) is 0 Å². The Hall–Kier alpha value is -3.94. The van der Waals surface area contributed by atoms with Crippen LogP contribution in [0, 0.1) is 0 Å². The van der Waals surface area contributed by atoms with Gasteiger partial charge in [0.05, 0.1) is 49.9 Å². The van der Waals surface area contributed by atoms with Crippen molar-refractivity contribution in [2.75, 3.05) is 32.7 Å². The van der Waals surface area contributed by atoms with Crippen LogP contribution >= 0.6 is 0 Å². The maximum atomic E-state index is 5.48. The quantitative estimate of drug-likeness (QED) is 0.407. The van der Waals surface area contributed by atoms with E-state index in [-0.39, 0.29) is 0 Å². The van der Waals surface area contributed by atoms with Crippen LogP contribution in [0.3, 0.4) is 0 Å². The summed E-state index contributed by atoms with van der Waals surface area (Å²) < 4.78 is 12.7. The van der Waals surface area contributed by atoms with Gasteiger partial charge >= 0.3 is 0 Å². The first kappa shape index (κ1) is 21.3. The fraction of sp³-hybridized carbons (Fsp3) is 0.250. The first-order valence-electron chi connectivity index (χ1n) is 10.2. The molecule has 8 heteroatoms. The minimum Gasteiger partial charge on any atom is -0.497 e. The lowest BCUT2D eigenvalue weighted by molar-refractivity contribution is 0.394. The van der Waals surface area contributed by atoms with E-state index in [0.717, 1.165) is 50.9 Å². The summed E-state index contributed by atoms with van der Waals surface area (Å²) in [5.74, 6) is 1.43. The zero-order valence-corrected chi connectivity index (χ0v) is 18.9. The third-order valence-corrected chi connectivity index (χ3v) is 5.25. The molecule has 4 rings (SSSR count). The van der Waals surface area contributed by atoms with Crippen LogP contribution in [0.25, 0.3) is 22.3 Å². The summed E-state index contributed by atoms with van der Waals surface area (Å²) in [5, 5.41) is 4.24. The number of aliphatic imine (C=N–C) groups is 1. The fourth-order valence-electron chi connectivity index (χ4n) is 3.44. The maximum Gasteiger partial charge on any atom is 0.124 e. The van der Waals surface area contributed by atoms with Gasteiger partial charge in [-0.05, 0) is 25.1 Å². The van der Waals surface area contributed by atoms with E-state index in [4.69, 9.17) is 14.5 Å². The van der Waals surface area contributed by atoms with Gasteiger partial charge in [0, 0.05) is 61.1 Å². The molecule has 0 aliphatic carbocycles. The number of aryl methyl sites for hydroxylation is 1. The number of methoxy groups -OCH3 is 2. The normalized spacial score (nSPS) is 11.6. The molecule has 0 spiro atoms. The highest BCUT2D eigenvalue weighted by Crippen LogP contribution is 2.34. The predicted octanol–water partition coefficient (Wildman–Crippen LogP) is 4.28. The molecule has 0 unspecified atom stereocenters. The van der Waals surface area contributed by atoms with Gasteiger partial charge in [-0.15, -0.1) is 0 Å². The molecule has 0 atom stereocenters. The Kier molecular flexibility index (Phi) is 6.02. The van der Waals surface area contributed by atoms with Gasteiger partial charge in [0.15, 0.2) is 0 Å². The molecule has 0 saturated heterocycles. The first-order valence-corrected chi connectivity index (χ1v) is 10.2. The summed E-state index contributed by atoms with van der Waals surface area (Å²) in [4.78, 5) is 15.9. The Morgan fingerprint density at radius 2 is 1.75 bits per heavy atom. The molecule has 32 heavy (non-hydrogen) atoms. The molecule has 0 aliphatic heterocycles. The van der Waals surface area contributed by atoms with Crippen LogP contribution in [-0.2, 0) is 7.05 Å². The lowest BCUT2D eigenvalue weighted by Gasteiger charge is -2.26. The molecule has 0 saturated carbocycles. The molecule has 8 nitrogen and oxygen atoms in total. The molecule has 2 aromatic carbocycles. The monoisotopic (exact) mass is 430 g/mol. The summed E-state index contributed by atoms with van der Waals surface area (Å²) in [6, 6.07) is 11.9. The number of hydrogen-bond donors (Lipinski definition) is 0. The fourth-order valence-corrected chi connectivity index (χ4v) is 3.44. The van der Waals surface area contributed by atoms with E-state index >= 15 is 0 Å². The maximum absolute atomic E-state index is 5.48. The van der Waals surface area contributed by atoms with Crippen LogP contribution in [0.1, 0.15) is 6.92 Å². The van der Waals surface area contributed by atoms with Crippen molar-refractivity contribution in [1.29, 1.82) is 0 Å². The van der Waals surface area contributed by atoms with Crippen LogP contribution < -0.4 is 14.4 Å². The molecule has 164 valence electrons. The number of hydrogen-bond acceptors (Lipinski definition) is 7. The molecule has 4 aromatic rings. The van der Waals surface area contributed by atoms with Gasteiger partial charge in [-0.2, -0.15) is 5.10 Å². The van der Waals surface area contributed by atoms with E-state index in [1.807, 2.05) is 56.6 Å². The lowest BCUT2D eigenvalue weighted by Crippen LogP contribution is -2.24. The second-order valence-electron chi connectivity index (χ2n) is 7.45. The third-order valence-electron chi connectivity index (χ3n) is 5.25.